The lowest BCUT2D eigenvalue weighted by Crippen LogP contribution is -2.55. The first-order valence-corrected chi connectivity index (χ1v) is 12.8. The zero-order valence-electron chi connectivity index (χ0n) is 20.3. The number of carbonyl (C=O) groups is 4. The molecule has 0 aliphatic carbocycles. The number of rotatable bonds is 13. The summed E-state index contributed by atoms with van der Waals surface area (Å²) < 4.78 is 5.23. The van der Waals surface area contributed by atoms with Gasteiger partial charge in [0.2, 0.25) is 11.7 Å². The molecule has 0 aromatic heterocycles. The number of benzene rings is 2. The Bertz CT molecular complexity index is 969. The fourth-order valence-corrected chi connectivity index (χ4v) is 3.68. The third-order valence-corrected chi connectivity index (χ3v) is 5.84. The van der Waals surface area contributed by atoms with Gasteiger partial charge in [-0.3, -0.25) is 14.4 Å². The highest BCUT2D eigenvalue weighted by Crippen LogP contribution is 2.08. The van der Waals surface area contributed by atoms with Gasteiger partial charge < -0.3 is 20.7 Å². The van der Waals surface area contributed by atoms with Crippen molar-refractivity contribution in [1.29, 1.82) is 0 Å². The molecule has 35 heavy (non-hydrogen) atoms. The summed E-state index contributed by atoms with van der Waals surface area (Å²) in [6, 6.07) is 16.5. The van der Waals surface area contributed by atoms with Crippen molar-refractivity contribution in [3.8, 4) is 0 Å². The Balaban J connectivity index is 1.97. The number of thioether (sulfide) groups is 1. The molecule has 8 nitrogen and oxygen atoms in total. The van der Waals surface area contributed by atoms with Crippen LogP contribution in [0.15, 0.2) is 60.7 Å². The molecular weight excluding hydrogens is 466 g/mol. The summed E-state index contributed by atoms with van der Waals surface area (Å²) in [4.78, 5) is 50.6. The molecule has 2 aromatic rings. The molecule has 3 N–H and O–H groups in total. The van der Waals surface area contributed by atoms with Crippen molar-refractivity contribution in [3.63, 3.8) is 0 Å². The molecule has 188 valence electrons. The average molecular weight is 500 g/mol. The fourth-order valence-electron chi connectivity index (χ4n) is 3.21. The van der Waals surface area contributed by atoms with E-state index in [2.05, 4.69) is 16.0 Å². The molecule has 2 atom stereocenters. The lowest BCUT2D eigenvalue weighted by Gasteiger charge is -2.24. The van der Waals surface area contributed by atoms with Gasteiger partial charge in [0.15, 0.2) is 0 Å². The van der Waals surface area contributed by atoms with E-state index in [0.717, 1.165) is 11.1 Å². The van der Waals surface area contributed by atoms with Crippen LogP contribution in [0.5, 0.6) is 0 Å². The number of Topliss-reactive ketones (excluding diaryl/α,β-unsaturated/α-hetero) is 1. The van der Waals surface area contributed by atoms with Gasteiger partial charge in [0.1, 0.15) is 12.6 Å². The van der Waals surface area contributed by atoms with E-state index in [1.165, 1.54) is 11.8 Å². The quantitative estimate of drug-likeness (QED) is 0.365. The van der Waals surface area contributed by atoms with Crippen molar-refractivity contribution in [2.45, 2.75) is 45.5 Å². The number of ketones is 1. The minimum absolute atomic E-state index is 0.0677. The number of alkyl carbamates (subject to hydrolysis) is 1. The maximum Gasteiger partial charge on any atom is 0.408 e. The molecule has 3 amide bonds. The van der Waals surface area contributed by atoms with Gasteiger partial charge in [0.05, 0.1) is 6.04 Å². The highest BCUT2D eigenvalue weighted by atomic mass is 32.2. The Morgan fingerprint density at radius 2 is 1.49 bits per heavy atom. The van der Waals surface area contributed by atoms with E-state index in [9.17, 15) is 19.2 Å². The van der Waals surface area contributed by atoms with Crippen molar-refractivity contribution in [1.82, 2.24) is 16.0 Å². The Morgan fingerprint density at radius 1 is 0.886 bits per heavy atom. The third kappa shape index (κ3) is 9.82. The van der Waals surface area contributed by atoms with Crippen molar-refractivity contribution < 1.29 is 23.9 Å². The molecule has 0 spiro atoms. The van der Waals surface area contributed by atoms with Crippen LogP contribution in [0.25, 0.3) is 0 Å². The van der Waals surface area contributed by atoms with E-state index < -0.39 is 35.8 Å². The first kappa shape index (κ1) is 27.9. The predicted octanol–water partition coefficient (Wildman–Crippen LogP) is 3.06. The monoisotopic (exact) mass is 499 g/mol. The molecule has 9 heteroatoms. The van der Waals surface area contributed by atoms with Gasteiger partial charge in [-0.25, -0.2) is 4.79 Å². The predicted molar refractivity (Wildman–Crippen MR) is 137 cm³/mol. The van der Waals surface area contributed by atoms with Crippen molar-refractivity contribution >= 4 is 35.5 Å². The van der Waals surface area contributed by atoms with Gasteiger partial charge in [-0.2, -0.15) is 11.8 Å². The zero-order valence-corrected chi connectivity index (χ0v) is 21.1. The number of ether oxygens (including phenoxy) is 1. The fraction of sp³-hybridized carbons (Fsp3) is 0.385. The number of amides is 3. The number of hydrogen-bond acceptors (Lipinski definition) is 6. The Labute approximate surface area is 210 Å². The first-order chi connectivity index (χ1) is 16.8. The molecule has 0 bridgehead atoms. The first-order valence-electron chi connectivity index (χ1n) is 11.4. The Morgan fingerprint density at radius 3 is 2.06 bits per heavy atom. The average Bonchev–Trinajstić information content (AvgIpc) is 2.87. The van der Waals surface area contributed by atoms with E-state index in [4.69, 9.17) is 4.74 Å². The van der Waals surface area contributed by atoms with Crippen LogP contribution in [0, 0.1) is 5.92 Å². The Hall–Kier alpha value is -3.33. The molecule has 0 saturated heterocycles. The maximum atomic E-state index is 13.0. The summed E-state index contributed by atoms with van der Waals surface area (Å²) in [5.41, 5.74) is 1.67. The van der Waals surface area contributed by atoms with E-state index in [1.807, 2.05) is 66.9 Å². The van der Waals surface area contributed by atoms with Crippen LogP contribution >= 0.6 is 11.8 Å². The normalized spacial score (nSPS) is 12.3. The summed E-state index contributed by atoms with van der Waals surface area (Å²) in [6.45, 7) is 3.76. The minimum Gasteiger partial charge on any atom is -0.445 e. The second-order valence-electron chi connectivity index (χ2n) is 8.30. The van der Waals surface area contributed by atoms with Gasteiger partial charge >= 0.3 is 6.09 Å². The van der Waals surface area contributed by atoms with E-state index in [-0.39, 0.29) is 19.1 Å². The smallest absolute Gasteiger partial charge is 0.408 e. The van der Waals surface area contributed by atoms with Gasteiger partial charge in [-0.05, 0) is 35.5 Å². The lowest BCUT2D eigenvalue weighted by molar-refractivity contribution is -0.141. The molecule has 0 radical (unpaired) electrons. The summed E-state index contributed by atoms with van der Waals surface area (Å²) in [6.07, 6.45) is 1.50. The summed E-state index contributed by atoms with van der Waals surface area (Å²) in [7, 11) is 0. The second-order valence-corrected chi connectivity index (χ2v) is 9.29. The van der Waals surface area contributed by atoms with Crippen LogP contribution in [0.1, 0.15) is 31.4 Å². The maximum absolute atomic E-state index is 13.0. The standard InChI is InChI=1S/C26H33N3O5S/c1-18(2)22(23(30)25(32)27-16-19-10-6-4-7-11-19)29-24(31)21(14-15-35-3)28-26(33)34-17-20-12-8-5-9-13-20/h4-13,18,21-22H,14-17H2,1-3H3,(H,27,32)(H,28,33)(H,29,31)/t21-,22-/m0/s1. The van der Waals surface area contributed by atoms with Gasteiger partial charge in [0, 0.05) is 6.54 Å². The minimum atomic E-state index is -1.03. The summed E-state index contributed by atoms with van der Waals surface area (Å²) >= 11 is 1.52. The molecule has 0 fully saturated rings. The van der Waals surface area contributed by atoms with Gasteiger partial charge in [-0.15, -0.1) is 0 Å². The number of hydrogen-bond donors (Lipinski definition) is 3. The zero-order chi connectivity index (χ0) is 25.6. The second kappa shape index (κ2) is 14.8. The highest BCUT2D eigenvalue weighted by Gasteiger charge is 2.32. The Kier molecular flexibility index (Phi) is 11.8. The molecule has 2 rings (SSSR count). The van der Waals surface area contributed by atoms with Crippen molar-refractivity contribution in [2.24, 2.45) is 5.92 Å². The number of carbonyl (C=O) groups excluding carboxylic acids is 4. The van der Waals surface area contributed by atoms with Crippen LogP contribution in [-0.2, 0) is 32.3 Å². The van der Waals surface area contributed by atoms with Crippen LogP contribution in [-0.4, -0.2) is 47.8 Å². The molecule has 0 aliphatic rings. The van der Waals surface area contributed by atoms with Gasteiger partial charge in [0.25, 0.3) is 5.91 Å². The molecule has 0 heterocycles. The molecular formula is C26H33N3O5S. The van der Waals surface area contributed by atoms with Crippen LogP contribution in [0.3, 0.4) is 0 Å². The van der Waals surface area contributed by atoms with E-state index in [0.29, 0.717) is 12.2 Å². The third-order valence-electron chi connectivity index (χ3n) is 5.20. The summed E-state index contributed by atoms with van der Waals surface area (Å²) in [5, 5.41) is 7.84. The SMILES string of the molecule is CSCC[C@H](NC(=O)OCc1ccccc1)C(=O)N[C@H](C(=O)C(=O)NCc1ccccc1)C(C)C. The molecule has 0 aliphatic heterocycles. The van der Waals surface area contributed by atoms with E-state index in [1.54, 1.807) is 13.8 Å². The lowest BCUT2D eigenvalue weighted by atomic mass is 9.98. The van der Waals surface area contributed by atoms with Crippen LogP contribution < -0.4 is 16.0 Å². The highest BCUT2D eigenvalue weighted by molar-refractivity contribution is 7.98. The van der Waals surface area contributed by atoms with E-state index >= 15 is 0 Å². The number of nitrogens with one attached hydrogen (secondary N) is 3. The topological polar surface area (TPSA) is 114 Å². The summed E-state index contributed by atoms with van der Waals surface area (Å²) in [5.74, 6) is -1.78. The van der Waals surface area contributed by atoms with Crippen molar-refractivity contribution in [2.75, 3.05) is 12.0 Å². The van der Waals surface area contributed by atoms with Crippen LogP contribution in [0.2, 0.25) is 0 Å². The molecule has 2 aromatic carbocycles. The van der Waals surface area contributed by atoms with Gasteiger partial charge in [-0.1, -0.05) is 74.5 Å². The molecule has 0 saturated carbocycles. The van der Waals surface area contributed by atoms with Crippen LogP contribution in [0.4, 0.5) is 4.79 Å². The van der Waals surface area contributed by atoms with Crippen molar-refractivity contribution in [3.05, 3.63) is 71.8 Å². The largest absolute Gasteiger partial charge is 0.445 e. The molecule has 0 unspecified atom stereocenters.